The highest BCUT2D eigenvalue weighted by Gasteiger charge is 2.20. The van der Waals surface area contributed by atoms with Gasteiger partial charge in [-0.2, -0.15) is 14.6 Å². The molecule has 0 radical (unpaired) electrons. The number of amides is 1. The third-order valence-corrected chi connectivity index (χ3v) is 7.17. The maximum absolute atomic E-state index is 12.6. The Morgan fingerprint density at radius 3 is 2.49 bits per heavy atom. The normalized spacial score (nSPS) is 11.5. The lowest BCUT2D eigenvalue weighted by Gasteiger charge is -2.14. The molecule has 0 aliphatic carbocycles. The van der Waals surface area contributed by atoms with E-state index in [0.29, 0.717) is 30.3 Å². The van der Waals surface area contributed by atoms with E-state index >= 15 is 0 Å². The van der Waals surface area contributed by atoms with Gasteiger partial charge in [0.2, 0.25) is 15.0 Å². The molecule has 10 nitrogen and oxygen atoms in total. The Labute approximate surface area is 219 Å². The topological polar surface area (TPSA) is 140 Å². The van der Waals surface area contributed by atoms with E-state index in [1.54, 1.807) is 18.2 Å². The number of ether oxygens (including phenoxy) is 3. The van der Waals surface area contributed by atoms with Crippen molar-refractivity contribution in [2.24, 2.45) is 0 Å². The summed E-state index contributed by atoms with van der Waals surface area (Å²) in [5, 5.41) is 11.5. The number of sulfone groups is 1. The molecule has 3 rings (SSSR count). The quantitative estimate of drug-likeness (QED) is 0.204. The zero-order chi connectivity index (χ0) is 26.8. The van der Waals surface area contributed by atoms with Gasteiger partial charge in [0, 0.05) is 11.5 Å². The molecule has 1 heterocycles. The van der Waals surface area contributed by atoms with Gasteiger partial charge in [-0.1, -0.05) is 31.2 Å². The van der Waals surface area contributed by atoms with E-state index in [4.69, 9.17) is 14.2 Å². The van der Waals surface area contributed by atoms with Crippen LogP contribution < -0.4 is 19.5 Å². The number of hydrogen-bond donors (Lipinski definition) is 1. The maximum atomic E-state index is 12.6. The van der Waals surface area contributed by atoms with E-state index < -0.39 is 15.7 Å². The van der Waals surface area contributed by atoms with Crippen LogP contribution in [0, 0.1) is 18.3 Å². The second-order valence-corrected chi connectivity index (χ2v) is 10.4. The minimum absolute atomic E-state index is 0.0233. The van der Waals surface area contributed by atoms with Crippen LogP contribution in [0.5, 0.6) is 17.2 Å². The third-order valence-electron chi connectivity index (χ3n) is 4.92. The lowest BCUT2D eigenvalue weighted by Crippen LogP contribution is -2.14. The molecule has 0 saturated heterocycles. The fourth-order valence-corrected chi connectivity index (χ4v) is 4.60. The molecule has 37 heavy (non-hydrogen) atoms. The number of hydrogen-bond acceptors (Lipinski definition) is 10. The smallest absolute Gasteiger partial charge is 0.268 e. The summed E-state index contributed by atoms with van der Waals surface area (Å²) in [6.07, 6.45) is 1.38. The number of nitrogens with zero attached hydrogens (tertiary/aromatic N) is 3. The first-order valence-electron chi connectivity index (χ1n) is 11.3. The van der Waals surface area contributed by atoms with Crippen molar-refractivity contribution >= 4 is 38.5 Å². The summed E-state index contributed by atoms with van der Waals surface area (Å²) in [6, 6.07) is 14.6. The van der Waals surface area contributed by atoms with Gasteiger partial charge < -0.3 is 14.2 Å². The van der Waals surface area contributed by atoms with E-state index in [1.807, 2.05) is 44.2 Å². The van der Waals surface area contributed by atoms with Crippen LogP contribution in [-0.4, -0.2) is 49.3 Å². The highest BCUT2D eigenvalue weighted by molar-refractivity contribution is 7.91. The maximum Gasteiger partial charge on any atom is 0.268 e. The number of anilines is 1. The summed E-state index contributed by atoms with van der Waals surface area (Å²) in [4.78, 5) is 16.4. The molecule has 0 spiro atoms. The summed E-state index contributed by atoms with van der Waals surface area (Å²) in [6.45, 7) is 6.27. The van der Waals surface area contributed by atoms with Crippen LogP contribution in [0.25, 0.3) is 6.08 Å². The largest absolute Gasteiger partial charge is 0.490 e. The Balaban J connectivity index is 1.68. The molecule has 194 valence electrons. The number of rotatable bonds is 12. The van der Waals surface area contributed by atoms with Crippen LogP contribution in [0.15, 0.2) is 53.2 Å². The van der Waals surface area contributed by atoms with Crippen LogP contribution in [0.4, 0.5) is 5.13 Å². The SMILES string of the molecule is CCOc1cc(C=C(C#N)C(=O)Nc2nc(S(=O)(=O)CC)ns2)ccc1OCCOc1ccccc1C. The second kappa shape index (κ2) is 12.8. The lowest BCUT2D eigenvalue weighted by atomic mass is 10.1. The molecular formula is C25H26N4O6S2. The van der Waals surface area contributed by atoms with E-state index in [9.17, 15) is 18.5 Å². The summed E-state index contributed by atoms with van der Waals surface area (Å²) in [5.74, 6) is 0.820. The molecule has 1 amide bonds. The predicted molar refractivity (Wildman–Crippen MR) is 140 cm³/mol. The van der Waals surface area contributed by atoms with Crippen molar-refractivity contribution in [1.29, 1.82) is 5.26 Å². The highest BCUT2D eigenvalue weighted by atomic mass is 32.2. The molecular weight excluding hydrogens is 516 g/mol. The van der Waals surface area contributed by atoms with Crippen molar-refractivity contribution in [3.63, 3.8) is 0 Å². The van der Waals surface area contributed by atoms with Crippen molar-refractivity contribution < 1.29 is 27.4 Å². The minimum Gasteiger partial charge on any atom is -0.490 e. The van der Waals surface area contributed by atoms with Gasteiger partial charge in [0.1, 0.15) is 30.6 Å². The predicted octanol–water partition coefficient (Wildman–Crippen LogP) is 4.04. The first-order valence-corrected chi connectivity index (χ1v) is 13.8. The van der Waals surface area contributed by atoms with Gasteiger partial charge in [-0.3, -0.25) is 10.1 Å². The molecule has 1 aromatic heterocycles. The van der Waals surface area contributed by atoms with E-state index in [0.717, 1.165) is 22.8 Å². The number of carbonyl (C=O) groups excluding carboxylic acids is 1. The summed E-state index contributed by atoms with van der Waals surface area (Å²) in [7, 11) is -3.60. The molecule has 0 aliphatic rings. The van der Waals surface area contributed by atoms with Crippen LogP contribution in [0.3, 0.4) is 0 Å². The van der Waals surface area contributed by atoms with Gasteiger partial charge in [0.25, 0.3) is 11.1 Å². The third kappa shape index (κ3) is 7.52. The van der Waals surface area contributed by atoms with Gasteiger partial charge >= 0.3 is 0 Å². The molecule has 0 saturated carbocycles. The van der Waals surface area contributed by atoms with E-state index in [-0.39, 0.29) is 28.2 Å². The van der Waals surface area contributed by atoms with Gasteiger partial charge in [0.15, 0.2) is 11.5 Å². The Kier molecular flexibility index (Phi) is 9.59. The molecule has 12 heteroatoms. The number of nitriles is 1. The van der Waals surface area contributed by atoms with Crippen LogP contribution in [0.1, 0.15) is 25.0 Å². The number of aryl methyl sites for hydroxylation is 1. The average Bonchev–Trinajstić information content (AvgIpc) is 3.36. The summed E-state index contributed by atoms with van der Waals surface area (Å²) >= 11 is 0.718. The van der Waals surface area contributed by atoms with E-state index in [1.165, 1.54) is 13.0 Å². The Bertz CT molecular complexity index is 1430. The second-order valence-electron chi connectivity index (χ2n) is 7.51. The Hall–Kier alpha value is -3.95. The molecule has 0 atom stereocenters. The Morgan fingerprint density at radius 2 is 1.81 bits per heavy atom. The molecule has 2 aromatic carbocycles. The molecule has 0 aliphatic heterocycles. The van der Waals surface area contributed by atoms with Crippen LogP contribution in [0.2, 0.25) is 0 Å². The number of nitrogens with one attached hydrogen (secondary N) is 1. The highest BCUT2D eigenvalue weighted by Crippen LogP contribution is 2.30. The van der Waals surface area contributed by atoms with Crippen molar-refractivity contribution in [2.75, 3.05) is 30.9 Å². The van der Waals surface area contributed by atoms with Crippen LogP contribution in [-0.2, 0) is 14.6 Å². The lowest BCUT2D eigenvalue weighted by molar-refractivity contribution is -0.112. The summed E-state index contributed by atoms with van der Waals surface area (Å²) < 4.78 is 44.8. The minimum atomic E-state index is -3.60. The van der Waals surface area contributed by atoms with Gasteiger partial charge in [0.05, 0.1) is 12.4 Å². The van der Waals surface area contributed by atoms with E-state index in [2.05, 4.69) is 14.7 Å². The fourth-order valence-electron chi connectivity index (χ4n) is 3.02. The molecule has 3 aromatic rings. The standard InChI is InChI=1S/C25H26N4O6S2/c1-4-33-22-15-18(10-11-21(22)35-13-12-34-20-9-7-6-8-17(20)3)14-19(16-26)23(30)27-24-28-25(29-36-24)37(31,32)5-2/h6-11,14-15H,4-5,12-13H2,1-3H3,(H,27,28,29,30). The van der Waals surface area contributed by atoms with Crippen molar-refractivity contribution in [1.82, 2.24) is 9.36 Å². The van der Waals surface area contributed by atoms with Gasteiger partial charge in [-0.25, -0.2) is 8.42 Å². The monoisotopic (exact) mass is 542 g/mol. The van der Waals surface area contributed by atoms with Gasteiger partial charge in [-0.05, 0) is 49.2 Å². The van der Waals surface area contributed by atoms with Crippen molar-refractivity contribution in [3.05, 3.63) is 59.2 Å². The molecule has 0 fully saturated rings. The van der Waals surface area contributed by atoms with Gasteiger partial charge in [-0.15, -0.1) is 0 Å². The zero-order valence-electron chi connectivity index (χ0n) is 20.6. The Morgan fingerprint density at radius 1 is 1.08 bits per heavy atom. The van der Waals surface area contributed by atoms with Crippen molar-refractivity contribution in [2.45, 2.75) is 25.9 Å². The van der Waals surface area contributed by atoms with Crippen LogP contribution >= 0.6 is 11.5 Å². The fraction of sp³-hybridized carbons (Fsp3) is 0.280. The molecule has 0 bridgehead atoms. The number of para-hydroxylation sites is 1. The number of aromatic nitrogens is 2. The first kappa shape index (κ1) is 27.6. The average molecular weight is 543 g/mol. The molecule has 0 unspecified atom stereocenters. The van der Waals surface area contributed by atoms with Crippen molar-refractivity contribution in [3.8, 4) is 23.3 Å². The summed E-state index contributed by atoms with van der Waals surface area (Å²) in [5.41, 5.74) is 1.35. The number of carbonyl (C=O) groups is 1. The first-order chi connectivity index (χ1) is 17.8. The number of benzene rings is 2. The molecule has 1 N–H and O–H groups in total. The zero-order valence-corrected chi connectivity index (χ0v) is 22.2.